The van der Waals surface area contributed by atoms with Gasteiger partial charge in [0.1, 0.15) is 17.2 Å². The minimum absolute atomic E-state index is 0.0982. The first-order valence-corrected chi connectivity index (χ1v) is 16.2. The maximum Gasteiger partial charge on any atom is 0.410 e. The number of rotatable bonds is 8. The first kappa shape index (κ1) is 33.3. The minimum Gasteiger partial charge on any atom is -0.449 e. The van der Waals surface area contributed by atoms with Gasteiger partial charge in [0.05, 0.1) is 36.3 Å². The van der Waals surface area contributed by atoms with Crippen LogP contribution in [0.1, 0.15) is 95.2 Å². The Morgan fingerprint density at radius 3 is 2.36 bits per heavy atom. The molecule has 1 fully saturated rings. The van der Waals surface area contributed by atoms with Crippen LogP contribution in [0, 0.1) is 11.8 Å². The smallest absolute Gasteiger partial charge is 0.410 e. The molecule has 0 bridgehead atoms. The third-order valence-corrected chi connectivity index (χ3v) is 8.11. The molecule has 2 aromatic heterocycles. The Morgan fingerprint density at radius 1 is 1.06 bits per heavy atom. The fourth-order valence-corrected chi connectivity index (χ4v) is 5.28. The number of benzene rings is 2. The van der Waals surface area contributed by atoms with Gasteiger partial charge in [-0.3, -0.25) is 4.90 Å². The van der Waals surface area contributed by atoms with Crippen LogP contribution in [0.5, 0.6) is 0 Å². The molecular formula is C37H44N6O4. The van der Waals surface area contributed by atoms with Crippen molar-refractivity contribution in [1.82, 2.24) is 29.7 Å². The highest BCUT2D eigenvalue weighted by Gasteiger charge is 2.33. The number of nitrogens with zero attached hydrogens (tertiary/aromatic N) is 4. The predicted molar refractivity (Wildman–Crippen MR) is 181 cm³/mol. The normalized spacial score (nSPS) is 15.1. The van der Waals surface area contributed by atoms with E-state index < -0.39 is 11.7 Å². The van der Waals surface area contributed by atoms with E-state index in [0.29, 0.717) is 19.0 Å². The van der Waals surface area contributed by atoms with Gasteiger partial charge in [-0.25, -0.2) is 19.6 Å². The van der Waals surface area contributed by atoms with E-state index in [9.17, 15) is 9.59 Å². The molecule has 0 saturated carbocycles. The van der Waals surface area contributed by atoms with E-state index in [4.69, 9.17) is 14.5 Å². The maximum atomic E-state index is 12.6. The van der Waals surface area contributed by atoms with Gasteiger partial charge in [-0.05, 0) is 76.8 Å². The Labute approximate surface area is 276 Å². The number of aromatic nitrogens is 4. The summed E-state index contributed by atoms with van der Waals surface area (Å²) in [7, 11) is 1.70. The summed E-state index contributed by atoms with van der Waals surface area (Å²) in [5, 5.41) is 0. The molecule has 2 amide bonds. The number of H-pyrrole nitrogens is 2. The van der Waals surface area contributed by atoms with E-state index in [0.717, 1.165) is 65.1 Å². The maximum absolute atomic E-state index is 12.6. The van der Waals surface area contributed by atoms with Crippen LogP contribution in [0.25, 0.3) is 22.5 Å². The Kier molecular flexibility index (Phi) is 10.3. The van der Waals surface area contributed by atoms with Crippen LogP contribution in [-0.4, -0.2) is 67.7 Å². The van der Waals surface area contributed by atoms with E-state index in [2.05, 4.69) is 33.7 Å². The number of nitrogens with one attached hydrogen (secondary N) is 2. The van der Waals surface area contributed by atoms with Crippen molar-refractivity contribution in [1.29, 1.82) is 0 Å². The Hall–Kier alpha value is -5.04. The molecule has 3 heterocycles. The van der Waals surface area contributed by atoms with E-state index in [1.54, 1.807) is 11.9 Å². The van der Waals surface area contributed by atoms with Gasteiger partial charge in [-0.15, -0.1) is 0 Å². The second-order valence-corrected chi connectivity index (χ2v) is 12.8. The quantitative estimate of drug-likeness (QED) is 0.150. The van der Waals surface area contributed by atoms with Gasteiger partial charge >= 0.3 is 12.2 Å². The lowest BCUT2D eigenvalue weighted by Crippen LogP contribution is -2.36. The topological polar surface area (TPSA) is 116 Å². The summed E-state index contributed by atoms with van der Waals surface area (Å²) >= 11 is 0. The fraction of sp³-hybridized carbons (Fsp3) is 0.405. The number of hydrogen-bond donors (Lipinski definition) is 2. The molecule has 4 aromatic rings. The van der Waals surface area contributed by atoms with Crippen LogP contribution >= 0.6 is 0 Å². The number of carbonyl (C=O) groups is 2. The second kappa shape index (κ2) is 14.6. The number of amides is 2. The van der Waals surface area contributed by atoms with Crippen molar-refractivity contribution in [3.05, 3.63) is 83.7 Å². The standard InChI is InChI=1S/C37H44N6O4/c1-7-8-22-46-36(45)43-21-9-10-32(43)34-39-24-31(41-34)29-19-15-27(16-20-29)12-11-26-13-17-28(18-14-26)30-23-38-33(40-30)25(2)42(6)35(44)47-37(3,4)5/h13-20,23-25,32H,7-10,21-22H2,1-6H3,(H,38,40)(H,39,41)/t25-,32?/m0/s1. The van der Waals surface area contributed by atoms with Crippen LogP contribution in [0.2, 0.25) is 0 Å². The fourth-order valence-electron chi connectivity index (χ4n) is 5.28. The van der Waals surface area contributed by atoms with Crippen molar-refractivity contribution >= 4 is 12.2 Å². The number of carbonyl (C=O) groups excluding carboxylic acids is 2. The van der Waals surface area contributed by atoms with Crippen molar-refractivity contribution in [2.24, 2.45) is 0 Å². The molecule has 1 aliphatic heterocycles. The summed E-state index contributed by atoms with van der Waals surface area (Å²) < 4.78 is 10.9. The highest BCUT2D eigenvalue weighted by atomic mass is 16.6. The van der Waals surface area contributed by atoms with Crippen molar-refractivity contribution < 1.29 is 19.1 Å². The monoisotopic (exact) mass is 636 g/mol. The van der Waals surface area contributed by atoms with E-state index in [-0.39, 0.29) is 18.2 Å². The van der Waals surface area contributed by atoms with E-state index >= 15 is 0 Å². The molecule has 10 nitrogen and oxygen atoms in total. The van der Waals surface area contributed by atoms with E-state index in [1.165, 1.54) is 4.90 Å². The van der Waals surface area contributed by atoms with Gasteiger partial charge in [0, 0.05) is 36.5 Å². The largest absolute Gasteiger partial charge is 0.449 e. The number of unbranched alkanes of at least 4 members (excludes halogenated alkanes) is 1. The summed E-state index contributed by atoms with van der Waals surface area (Å²) in [6, 6.07) is 15.6. The summed E-state index contributed by atoms with van der Waals surface area (Å²) in [6.07, 6.45) is 6.64. The zero-order valence-electron chi connectivity index (χ0n) is 28.1. The van der Waals surface area contributed by atoms with Gasteiger partial charge < -0.3 is 24.3 Å². The molecule has 2 atom stereocenters. The third kappa shape index (κ3) is 8.41. The molecule has 0 radical (unpaired) electrons. The molecular weight excluding hydrogens is 592 g/mol. The number of aromatic amines is 2. The molecule has 0 spiro atoms. The van der Waals surface area contributed by atoms with Crippen molar-refractivity contribution in [2.45, 2.75) is 78.0 Å². The van der Waals surface area contributed by atoms with Crippen LogP contribution in [0.15, 0.2) is 60.9 Å². The van der Waals surface area contributed by atoms with Crippen LogP contribution in [0.4, 0.5) is 9.59 Å². The van der Waals surface area contributed by atoms with Crippen LogP contribution in [0.3, 0.4) is 0 Å². The SMILES string of the molecule is CCCCOC(=O)N1CCCC1c1ncc(-c2ccc(C#Cc3ccc(-c4c[nH]c([C@H](C)N(C)C(=O)OC(C)(C)C)n4)cc3)cc2)[nH]1. The van der Waals surface area contributed by atoms with Gasteiger partial charge in [0.15, 0.2) is 0 Å². The predicted octanol–water partition coefficient (Wildman–Crippen LogP) is 7.87. The first-order chi connectivity index (χ1) is 22.5. The summed E-state index contributed by atoms with van der Waals surface area (Å²) in [4.78, 5) is 44.3. The zero-order chi connectivity index (χ0) is 33.6. The molecule has 47 heavy (non-hydrogen) atoms. The Balaban J connectivity index is 1.19. The molecule has 1 unspecified atom stereocenters. The lowest BCUT2D eigenvalue weighted by molar-refractivity contribution is 0.0227. The summed E-state index contributed by atoms with van der Waals surface area (Å²) in [5.74, 6) is 7.94. The number of ether oxygens (including phenoxy) is 2. The van der Waals surface area contributed by atoms with Gasteiger partial charge in [0.2, 0.25) is 0 Å². The minimum atomic E-state index is -0.566. The molecule has 2 N–H and O–H groups in total. The number of likely N-dealkylation sites (tertiary alicyclic amines) is 1. The van der Waals surface area contributed by atoms with Crippen molar-refractivity contribution in [2.75, 3.05) is 20.2 Å². The molecule has 246 valence electrons. The molecule has 5 rings (SSSR count). The lowest BCUT2D eigenvalue weighted by Gasteiger charge is -2.27. The van der Waals surface area contributed by atoms with Crippen molar-refractivity contribution in [3.8, 4) is 34.4 Å². The lowest BCUT2D eigenvalue weighted by atomic mass is 10.1. The molecule has 2 aromatic carbocycles. The Bertz CT molecular complexity index is 1720. The highest BCUT2D eigenvalue weighted by Crippen LogP contribution is 2.32. The van der Waals surface area contributed by atoms with E-state index in [1.807, 2.05) is 88.6 Å². The zero-order valence-corrected chi connectivity index (χ0v) is 28.1. The highest BCUT2D eigenvalue weighted by molar-refractivity contribution is 5.69. The van der Waals surface area contributed by atoms with Gasteiger partial charge in [-0.2, -0.15) is 0 Å². The molecule has 10 heteroatoms. The number of hydrogen-bond acceptors (Lipinski definition) is 6. The van der Waals surface area contributed by atoms with Crippen molar-refractivity contribution in [3.63, 3.8) is 0 Å². The average molecular weight is 637 g/mol. The molecule has 1 saturated heterocycles. The third-order valence-electron chi connectivity index (χ3n) is 8.11. The van der Waals surface area contributed by atoms with Gasteiger partial charge in [0.25, 0.3) is 0 Å². The first-order valence-electron chi connectivity index (χ1n) is 16.2. The summed E-state index contributed by atoms with van der Waals surface area (Å²) in [6.45, 7) is 10.6. The summed E-state index contributed by atoms with van der Waals surface area (Å²) in [5.41, 5.74) is 4.85. The number of imidazole rings is 2. The average Bonchev–Trinajstić information content (AvgIpc) is 3.84. The van der Waals surface area contributed by atoms with Crippen LogP contribution in [-0.2, 0) is 9.47 Å². The molecule has 1 aliphatic rings. The Morgan fingerprint density at radius 2 is 1.72 bits per heavy atom. The van der Waals surface area contributed by atoms with Gasteiger partial charge in [-0.1, -0.05) is 49.5 Å². The van der Waals surface area contributed by atoms with Crippen LogP contribution < -0.4 is 0 Å². The second-order valence-electron chi connectivity index (χ2n) is 12.8. The molecule has 0 aliphatic carbocycles.